The molecule has 0 bridgehead atoms. The zero-order valence-corrected chi connectivity index (χ0v) is 14.9. The van der Waals surface area contributed by atoms with Crippen molar-refractivity contribution in [2.24, 2.45) is 0 Å². The van der Waals surface area contributed by atoms with E-state index < -0.39 is 0 Å². The molecule has 0 saturated heterocycles. The van der Waals surface area contributed by atoms with Crippen molar-refractivity contribution in [1.29, 1.82) is 0 Å². The predicted molar refractivity (Wildman–Crippen MR) is 103 cm³/mol. The van der Waals surface area contributed by atoms with Gasteiger partial charge in [-0.2, -0.15) is 0 Å². The van der Waals surface area contributed by atoms with E-state index in [0.717, 1.165) is 22.9 Å². The summed E-state index contributed by atoms with van der Waals surface area (Å²) in [6.45, 7) is 1.23. The Bertz CT molecular complexity index is 1010. The third-order valence-corrected chi connectivity index (χ3v) is 5.03. The molecule has 0 radical (unpaired) electrons. The summed E-state index contributed by atoms with van der Waals surface area (Å²) < 4.78 is 13.3. The van der Waals surface area contributed by atoms with Crippen molar-refractivity contribution in [1.82, 2.24) is 9.88 Å². The van der Waals surface area contributed by atoms with Crippen LogP contribution in [0.4, 0.5) is 4.39 Å². The molecule has 0 fully saturated rings. The number of benzene rings is 2. The number of hydrogen-bond donors (Lipinski definition) is 1. The number of hydrogen-bond acceptors (Lipinski definition) is 1. The first-order valence-electron chi connectivity index (χ1n) is 8.58. The molecule has 0 saturated carbocycles. The van der Waals surface area contributed by atoms with Crippen molar-refractivity contribution in [2.75, 3.05) is 13.1 Å². The van der Waals surface area contributed by atoms with Crippen molar-refractivity contribution in [3.05, 3.63) is 76.7 Å². The molecule has 1 amide bonds. The van der Waals surface area contributed by atoms with E-state index in [9.17, 15) is 9.18 Å². The van der Waals surface area contributed by atoms with E-state index in [-0.39, 0.29) is 18.1 Å². The summed E-state index contributed by atoms with van der Waals surface area (Å²) in [7, 11) is 0. The van der Waals surface area contributed by atoms with Gasteiger partial charge in [0.15, 0.2) is 0 Å². The van der Waals surface area contributed by atoms with Gasteiger partial charge in [-0.05, 0) is 47.9 Å². The van der Waals surface area contributed by atoms with Crippen LogP contribution in [0.15, 0.2) is 54.7 Å². The maximum Gasteiger partial charge on any atom is 0.227 e. The quantitative estimate of drug-likeness (QED) is 0.707. The first-order chi connectivity index (χ1) is 12.6. The number of halogens is 2. The van der Waals surface area contributed by atoms with Crippen LogP contribution in [0.3, 0.4) is 0 Å². The highest BCUT2D eigenvalue weighted by Gasteiger charge is 2.19. The van der Waals surface area contributed by atoms with Crippen LogP contribution in [0, 0.1) is 5.82 Å². The van der Waals surface area contributed by atoms with Crippen LogP contribution < -0.4 is 0 Å². The Morgan fingerprint density at radius 2 is 2.12 bits per heavy atom. The number of carbonyl (C=O) groups excluding carboxylic acids is 1. The van der Waals surface area contributed by atoms with E-state index in [2.05, 4.69) is 11.1 Å². The number of aromatic nitrogens is 1. The van der Waals surface area contributed by atoms with Crippen molar-refractivity contribution in [2.45, 2.75) is 12.8 Å². The Morgan fingerprint density at radius 3 is 2.88 bits per heavy atom. The minimum atomic E-state index is -0.311. The molecule has 1 aromatic heterocycles. The summed E-state index contributed by atoms with van der Waals surface area (Å²) in [6, 6.07) is 12.0. The van der Waals surface area contributed by atoms with Crippen LogP contribution in [-0.4, -0.2) is 28.9 Å². The number of rotatable bonds is 3. The van der Waals surface area contributed by atoms with E-state index in [1.165, 1.54) is 17.7 Å². The standard InChI is InChI=1S/C21H18ClFN2O/c22-16-4-5-20-18(12-16)19(13-24-20)15-6-8-25(9-7-15)21(26)11-14-2-1-3-17(23)10-14/h1-6,10,12-13,24H,7-9,11H2. The molecule has 132 valence electrons. The second-order valence-electron chi connectivity index (χ2n) is 6.52. The lowest BCUT2D eigenvalue weighted by atomic mass is 9.98. The molecule has 2 aromatic carbocycles. The fourth-order valence-electron chi connectivity index (χ4n) is 3.43. The molecule has 1 N–H and O–H groups in total. The van der Waals surface area contributed by atoms with Crippen molar-refractivity contribution >= 4 is 34.0 Å². The van der Waals surface area contributed by atoms with Gasteiger partial charge in [0, 0.05) is 40.8 Å². The fourth-order valence-corrected chi connectivity index (χ4v) is 3.60. The molecular weight excluding hydrogens is 351 g/mol. The number of H-pyrrole nitrogens is 1. The fraction of sp³-hybridized carbons (Fsp3) is 0.190. The minimum Gasteiger partial charge on any atom is -0.361 e. The first kappa shape index (κ1) is 16.9. The SMILES string of the molecule is O=C(Cc1cccc(F)c1)N1CC=C(c2c[nH]c3ccc(Cl)cc23)CC1. The second kappa shape index (κ2) is 6.96. The molecule has 26 heavy (non-hydrogen) atoms. The molecular formula is C21H18ClFN2O. The molecule has 1 aliphatic rings. The molecule has 2 heterocycles. The summed E-state index contributed by atoms with van der Waals surface area (Å²) in [6.07, 6.45) is 5.10. The van der Waals surface area contributed by atoms with Gasteiger partial charge in [0.2, 0.25) is 5.91 Å². The number of aromatic amines is 1. The molecule has 0 atom stereocenters. The van der Waals surface area contributed by atoms with Gasteiger partial charge in [-0.25, -0.2) is 4.39 Å². The number of fused-ring (bicyclic) bond motifs is 1. The lowest BCUT2D eigenvalue weighted by Crippen LogP contribution is -2.35. The van der Waals surface area contributed by atoms with Crippen LogP contribution in [-0.2, 0) is 11.2 Å². The van der Waals surface area contributed by atoms with Gasteiger partial charge >= 0.3 is 0 Å². The van der Waals surface area contributed by atoms with Crippen LogP contribution in [0.1, 0.15) is 17.5 Å². The highest BCUT2D eigenvalue weighted by molar-refractivity contribution is 6.31. The second-order valence-corrected chi connectivity index (χ2v) is 6.95. The maximum absolute atomic E-state index is 13.3. The summed E-state index contributed by atoms with van der Waals surface area (Å²) in [5.74, 6) is -0.290. The number of amides is 1. The number of nitrogens with one attached hydrogen (secondary N) is 1. The molecule has 0 spiro atoms. The summed E-state index contributed by atoms with van der Waals surface area (Å²) in [4.78, 5) is 17.6. The third-order valence-electron chi connectivity index (χ3n) is 4.80. The summed E-state index contributed by atoms with van der Waals surface area (Å²) in [5, 5.41) is 1.81. The van der Waals surface area contributed by atoms with Gasteiger partial charge in [-0.3, -0.25) is 4.79 Å². The Morgan fingerprint density at radius 1 is 1.23 bits per heavy atom. The van der Waals surface area contributed by atoms with E-state index in [1.807, 2.05) is 29.3 Å². The van der Waals surface area contributed by atoms with Gasteiger partial charge in [-0.15, -0.1) is 0 Å². The number of carbonyl (C=O) groups is 1. The molecule has 4 rings (SSSR count). The molecule has 0 unspecified atom stereocenters. The largest absolute Gasteiger partial charge is 0.361 e. The average molecular weight is 369 g/mol. The first-order valence-corrected chi connectivity index (χ1v) is 8.96. The molecule has 1 aliphatic heterocycles. The predicted octanol–water partition coefficient (Wildman–Crippen LogP) is 4.82. The van der Waals surface area contributed by atoms with Crippen LogP contribution in [0.5, 0.6) is 0 Å². The molecule has 0 aliphatic carbocycles. The lowest BCUT2D eigenvalue weighted by molar-refractivity contribution is -0.130. The van der Waals surface area contributed by atoms with Crippen molar-refractivity contribution in [3.8, 4) is 0 Å². The Hall–Kier alpha value is -2.59. The number of nitrogens with zero attached hydrogens (tertiary/aromatic N) is 1. The van der Waals surface area contributed by atoms with Crippen molar-refractivity contribution in [3.63, 3.8) is 0 Å². The highest BCUT2D eigenvalue weighted by atomic mass is 35.5. The Kier molecular flexibility index (Phi) is 4.51. The third kappa shape index (κ3) is 3.37. The zero-order chi connectivity index (χ0) is 18.1. The zero-order valence-electron chi connectivity index (χ0n) is 14.1. The molecule has 3 nitrogen and oxygen atoms in total. The molecule has 5 heteroatoms. The smallest absolute Gasteiger partial charge is 0.227 e. The van der Waals surface area contributed by atoms with Crippen LogP contribution >= 0.6 is 11.6 Å². The van der Waals surface area contributed by atoms with Gasteiger partial charge < -0.3 is 9.88 Å². The van der Waals surface area contributed by atoms with Gasteiger partial charge in [-0.1, -0.05) is 29.8 Å². The Balaban J connectivity index is 1.49. The van der Waals surface area contributed by atoms with Gasteiger partial charge in [0.05, 0.1) is 6.42 Å². The highest BCUT2D eigenvalue weighted by Crippen LogP contribution is 2.31. The van der Waals surface area contributed by atoms with E-state index in [1.54, 1.807) is 12.1 Å². The monoisotopic (exact) mass is 368 g/mol. The normalized spacial score (nSPS) is 14.5. The average Bonchev–Trinajstić information content (AvgIpc) is 3.05. The van der Waals surface area contributed by atoms with E-state index in [4.69, 9.17) is 11.6 Å². The van der Waals surface area contributed by atoms with Crippen LogP contribution in [0.2, 0.25) is 5.02 Å². The Labute approximate surface area is 156 Å². The summed E-state index contributed by atoms with van der Waals surface area (Å²) in [5.41, 5.74) is 4.11. The van der Waals surface area contributed by atoms with Crippen LogP contribution in [0.25, 0.3) is 16.5 Å². The lowest BCUT2D eigenvalue weighted by Gasteiger charge is -2.26. The van der Waals surface area contributed by atoms with Crippen molar-refractivity contribution < 1.29 is 9.18 Å². The van der Waals surface area contributed by atoms with Gasteiger partial charge in [0.1, 0.15) is 5.82 Å². The van der Waals surface area contributed by atoms with Gasteiger partial charge in [0.25, 0.3) is 0 Å². The van der Waals surface area contributed by atoms with E-state index in [0.29, 0.717) is 23.7 Å². The molecule has 3 aromatic rings. The summed E-state index contributed by atoms with van der Waals surface area (Å²) >= 11 is 6.13. The maximum atomic E-state index is 13.3. The minimum absolute atomic E-state index is 0.0212. The van der Waals surface area contributed by atoms with E-state index >= 15 is 0 Å². The topological polar surface area (TPSA) is 36.1 Å².